The van der Waals surface area contributed by atoms with E-state index in [1.807, 2.05) is 0 Å². The molecule has 0 spiro atoms. The second-order valence-electron chi connectivity index (χ2n) is 5.82. The first-order chi connectivity index (χ1) is 13.5. The van der Waals surface area contributed by atoms with Crippen LogP contribution in [-0.4, -0.2) is 17.5 Å². The van der Waals surface area contributed by atoms with Crippen LogP contribution in [0, 0.1) is 0 Å². The molecule has 0 aliphatic carbocycles. The van der Waals surface area contributed by atoms with E-state index in [2.05, 4.69) is 20.4 Å². The van der Waals surface area contributed by atoms with E-state index in [1.54, 1.807) is 42.6 Å². The summed E-state index contributed by atoms with van der Waals surface area (Å²) >= 11 is 0. The zero-order valence-corrected chi connectivity index (χ0v) is 14.6. The highest BCUT2D eigenvalue weighted by molar-refractivity contribution is 6.08. The summed E-state index contributed by atoms with van der Waals surface area (Å²) in [6, 6.07) is 15.8. The summed E-state index contributed by atoms with van der Waals surface area (Å²) < 4.78 is 29.0. The molecule has 28 heavy (non-hydrogen) atoms. The lowest BCUT2D eigenvalue weighted by molar-refractivity contribution is -0.0497. The van der Waals surface area contributed by atoms with Gasteiger partial charge in [-0.05, 0) is 29.8 Å². The topological polar surface area (TPSA) is 83.2 Å². The molecule has 0 atom stereocenters. The Hall–Kier alpha value is -3.68. The fraction of sp³-hybridized carbons (Fsp3) is 0.100. The summed E-state index contributed by atoms with van der Waals surface area (Å²) in [7, 11) is 0. The van der Waals surface area contributed by atoms with E-state index >= 15 is 0 Å². The number of hydrogen-bond donors (Lipinski definition) is 3. The number of para-hydroxylation sites is 1. The van der Waals surface area contributed by atoms with Crippen molar-refractivity contribution in [3.05, 3.63) is 88.3 Å². The van der Waals surface area contributed by atoms with Crippen LogP contribution in [0.15, 0.2) is 71.7 Å². The molecule has 0 fully saturated rings. The molecule has 0 radical (unpaired) electrons. The van der Waals surface area contributed by atoms with Gasteiger partial charge < -0.3 is 20.4 Å². The Kier molecular flexibility index (Phi) is 6.01. The van der Waals surface area contributed by atoms with Gasteiger partial charge in [0.2, 0.25) is 5.56 Å². The van der Waals surface area contributed by atoms with Gasteiger partial charge >= 0.3 is 6.61 Å². The van der Waals surface area contributed by atoms with Crippen molar-refractivity contribution in [1.82, 2.24) is 4.98 Å². The van der Waals surface area contributed by atoms with Gasteiger partial charge in [0.15, 0.2) is 0 Å². The predicted molar refractivity (Wildman–Crippen MR) is 102 cm³/mol. The van der Waals surface area contributed by atoms with Crippen molar-refractivity contribution in [3.63, 3.8) is 0 Å². The minimum atomic E-state index is -2.94. The van der Waals surface area contributed by atoms with Gasteiger partial charge in [-0.3, -0.25) is 9.59 Å². The number of H-pyrrole nitrogens is 1. The van der Waals surface area contributed by atoms with E-state index in [-0.39, 0.29) is 11.3 Å². The maximum absolute atomic E-state index is 12.6. The number of ether oxygens (including phenoxy) is 1. The molecule has 0 bridgehead atoms. The molecule has 0 saturated carbocycles. The highest BCUT2D eigenvalue weighted by atomic mass is 19.3. The third-order valence-corrected chi connectivity index (χ3v) is 3.82. The zero-order chi connectivity index (χ0) is 19.9. The van der Waals surface area contributed by atoms with Gasteiger partial charge in [0.1, 0.15) is 5.75 Å². The van der Waals surface area contributed by atoms with E-state index in [0.717, 1.165) is 5.56 Å². The van der Waals surface area contributed by atoms with Crippen molar-refractivity contribution >= 4 is 17.3 Å². The normalized spacial score (nSPS) is 10.5. The molecule has 0 aliphatic rings. The smallest absolute Gasteiger partial charge is 0.387 e. The Bertz CT molecular complexity index is 1000. The number of benzene rings is 2. The molecular formula is C20H17F2N3O3. The summed E-state index contributed by atoms with van der Waals surface area (Å²) in [5.74, 6) is -0.448. The Morgan fingerprint density at radius 2 is 1.89 bits per heavy atom. The summed E-state index contributed by atoms with van der Waals surface area (Å²) in [5.41, 5.74) is 1.95. The van der Waals surface area contributed by atoms with Crippen LogP contribution in [0.4, 0.5) is 20.2 Å². The lowest BCUT2D eigenvalue weighted by atomic mass is 10.1. The lowest BCUT2D eigenvalue weighted by Crippen LogP contribution is -2.15. The van der Waals surface area contributed by atoms with E-state index in [4.69, 9.17) is 0 Å². The molecule has 0 aliphatic heterocycles. The summed E-state index contributed by atoms with van der Waals surface area (Å²) in [6.07, 6.45) is 1.59. The molecule has 2 aromatic carbocycles. The lowest BCUT2D eigenvalue weighted by Gasteiger charge is -2.13. The Balaban J connectivity index is 1.72. The molecule has 3 rings (SSSR count). The molecule has 8 heteroatoms. The second-order valence-corrected chi connectivity index (χ2v) is 5.82. The van der Waals surface area contributed by atoms with Crippen LogP contribution in [0.3, 0.4) is 0 Å². The zero-order valence-electron chi connectivity index (χ0n) is 14.6. The molecule has 0 saturated heterocycles. The van der Waals surface area contributed by atoms with Gasteiger partial charge in [-0.1, -0.05) is 24.3 Å². The summed E-state index contributed by atoms with van der Waals surface area (Å²) in [5, 5.41) is 5.81. The predicted octanol–water partition coefficient (Wildman–Crippen LogP) is 3.84. The maximum Gasteiger partial charge on any atom is 0.387 e. The Labute approximate surface area is 159 Å². The number of pyridine rings is 1. The largest absolute Gasteiger partial charge is 0.435 e. The van der Waals surface area contributed by atoms with E-state index in [9.17, 15) is 18.4 Å². The molecule has 6 nitrogen and oxygen atoms in total. The Morgan fingerprint density at radius 3 is 2.64 bits per heavy atom. The van der Waals surface area contributed by atoms with Crippen molar-refractivity contribution in [1.29, 1.82) is 0 Å². The number of anilines is 2. The van der Waals surface area contributed by atoms with Crippen LogP contribution >= 0.6 is 0 Å². The maximum atomic E-state index is 12.6. The number of aromatic nitrogens is 1. The average Bonchev–Trinajstić information content (AvgIpc) is 2.67. The van der Waals surface area contributed by atoms with Crippen LogP contribution in [0.1, 0.15) is 15.9 Å². The number of halogens is 2. The van der Waals surface area contributed by atoms with Crippen molar-refractivity contribution in [2.45, 2.75) is 13.2 Å². The number of rotatable bonds is 7. The van der Waals surface area contributed by atoms with Crippen molar-refractivity contribution < 1.29 is 18.3 Å². The SMILES string of the molecule is O=C(Nc1cccc(OC(F)F)c1)c1ccccc1NCc1ccc(=O)[nH]c1. The second kappa shape index (κ2) is 8.81. The van der Waals surface area contributed by atoms with Crippen molar-refractivity contribution in [2.24, 2.45) is 0 Å². The van der Waals surface area contributed by atoms with Gasteiger partial charge in [-0.25, -0.2) is 0 Å². The third kappa shape index (κ3) is 5.16. The number of alkyl halides is 2. The highest BCUT2D eigenvalue weighted by Crippen LogP contribution is 2.22. The number of hydrogen-bond acceptors (Lipinski definition) is 4. The molecule has 3 aromatic rings. The fourth-order valence-corrected chi connectivity index (χ4v) is 2.53. The first kappa shape index (κ1) is 19.1. The number of carbonyl (C=O) groups excluding carboxylic acids is 1. The number of amides is 1. The van der Waals surface area contributed by atoms with E-state index in [0.29, 0.717) is 23.5 Å². The third-order valence-electron chi connectivity index (χ3n) is 3.82. The molecule has 1 amide bonds. The van der Waals surface area contributed by atoms with Gasteiger partial charge in [0, 0.05) is 36.2 Å². The van der Waals surface area contributed by atoms with E-state index in [1.165, 1.54) is 24.3 Å². The molecular weight excluding hydrogens is 368 g/mol. The highest BCUT2D eigenvalue weighted by Gasteiger charge is 2.12. The molecule has 0 unspecified atom stereocenters. The number of aromatic amines is 1. The van der Waals surface area contributed by atoms with E-state index < -0.39 is 12.5 Å². The van der Waals surface area contributed by atoms with Crippen LogP contribution in [0.5, 0.6) is 5.75 Å². The average molecular weight is 385 g/mol. The molecule has 3 N–H and O–H groups in total. The monoisotopic (exact) mass is 385 g/mol. The molecule has 1 heterocycles. The van der Waals surface area contributed by atoms with Crippen LogP contribution in [-0.2, 0) is 6.54 Å². The van der Waals surface area contributed by atoms with Gasteiger partial charge in [0.05, 0.1) is 5.56 Å². The first-order valence-electron chi connectivity index (χ1n) is 8.38. The van der Waals surface area contributed by atoms with Gasteiger partial charge in [0.25, 0.3) is 5.91 Å². The Morgan fingerprint density at radius 1 is 1.07 bits per heavy atom. The van der Waals surface area contributed by atoms with Crippen LogP contribution < -0.4 is 20.9 Å². The van der Waals surface area contributed by atoms with Gasteiger partial charge in [-0.2, -0.15) is 8.78 Å². The molecule has 144 valence electrons. The minimum Gasteiger partial charge on any atom is -0.435 e. The number of nitrogens with one attached hydrogen (secondary N) is 3. The van der Waals surface area contributed by atoms with Crippen LogP contribution in [0.2, 0.25) is 0 Å². The summed E-state index contributed by atoms with van der Waals surface area (Å²) in [6.45, 7) is -2.54. The number of carbonyl (C=O) groups is 1. The van der Waals surface area contributed by atoms with Crippen LogP contribution in [0.25, 0.3) is 0 Å². The quantitative estimate of drug-likeness (QED) is 0.577. The fourth-order valence-electron chi connectivity index (χ4n) is 2.53. The molecule has 1 aromatic heterocycles. The van der Waals surface area contributed by atoms with Gasteiger partial charge in [-0.15, -0.1) is 0 Å². The van der Waals surface area contributed by atoms with Crippen molar-refractivity contribution in [3.8, 4) is 5.75 Å². The first-order valence-corrected chi connectivity index (χ1v) is 8.38. The minimum absolute atomic E-state index is 0.0442. The van der Waals surface area contributed by atoms with Crippen molar-refractivity contribution in [2.75, 3.05) is 10.6 Å². The standard InChI is InChI=1S/C20H17F2N3O3/c21-20(22)28-15-5-3-4-14(10-15)25-19(27)16-6-1-2-7-17(16)23-11-13-8-9-18(26)24-12-13/h1-10,12,20,23H,11H2,(H,24,26)(H,25,27). The summed E-state index contributed by atoms with van der Waals surface area (Å²) in [4.78, 5) is 26.3.